The number of nitrogens with zero attached hydrogens (tertiary/aromatic N) is 3. The minimum atomic E-state index is 0.249. The Morgan fingerprint density at radius 3 is 2.33 bits per heavy atom. The Kier molecular flexibility index (Phi) is 6.46. The summed E-state index contributed by atoms with van der Waals surface area (Å²) in [5.74, 6) is 0.695. The van der Waals surface area contributed by atoms with Gasteiger partial charge >= 0.3 is 0 Å². The van der Waals surface area contributed by atoms with Gasteiger partial charge in [0.1, 0.15) is 0 Å². The smallest absolute Gasteiger partial charge is 0.226 e. The summed E-state index contributed by atoms with van der Waals surface area (Å²) in [6.07, 6.45) is 8.47. The van der Waals surface area contributed by atoms with Crippen molar-refractivity contribution in [1.29, 1.82) is 0 Å². The third kappa shape index (κ3) is 4.91. The maximum atomic E-state index is 12.9. The van der Waals surface area contributed by atoms with E-state index in [0.29, 0.717) is 11.9 Å². The van der Waals surface area contributed by atoms with Crippen LogP contribution in [-0.4, -0.2) is 65.9 Å². The third-order valence-electron chi connectivity index (χ3n) is 6.79. The van der Waals surface area contributed by atoms with Crippen LogP contribution in [0.3, 0.4) is 0 Å². The molecule has 1 amide bonds. The number of amides is 1. The molecule has 4 rings (SSSR count). The number of rotatable bonds is 4. The average molecular weight is 370 g/mol. The Bertz CT molecular complexity index is 591. The van der Waals surface area contributed by atoms with Crippen molar-refractivity contribution in [2.24, 2.45) is 5.92 Å². The molecular formula is C23H35N3O. The lowest BCUT2D eigenvalue weighted by Gasteiger charge is -2.43. The molecule has 3 aliphatic rings. The van der Waals surface area contributed by atoms with Gasteiger partial charge in [0.05, 0.1) is 5.92 Å². The van der Waals surface area contributed by atoms with E-state index in [2.05, 4.69) is 45.0 Å². The number of carbonyl (C=O) groups is 1. The molecule has 3 fully saturated rings. The minimum absolute atomic E-state index is 0.249. The Morgan fingerprint density at radius 2 is 1.59 bits per heavy atom. The molecule has 148 valence electrons. The van der Waals surface area contributed by atoms with E-state index in [-0.39, 0.29) is 5.92 Å². The number of likely N-dealkylation sites (tertiary alicyclic amines) is 3. The molecule has 0 N–H and O–H groups in total. The van der Waals surface area contributed by atoms with Gasteiger partial charge in [0.15, 0.2) is 0 Å². The van der Waals surface area contributed by atoms with Crippen LogP contribution in [0.15, 0.2) is 30.3 Å². The van der Waals surface area contributed by atoms with E-state index in [0.717, 1.165) is 32.6 Å². The van der Waals surface area contributed by atoms with Crippen LogP contribution in [0, 0.1) is 5.92 Å². The lowest BCUT2D eigenvalue weighted by Crippen LogP contribution is -2.51. The van der Waals surface area contributed by atoms with Crippen molar-refractivity contribution in [3.63, 3.8) is 0 Å². The molecule has 4 heteroatoms. The topological polar surface area (TPSA) is 26.8 Å². The normalized spacial score (nSPS) is 26.2. The van der Waals surface area contributed by atoms with Gasteiger partial charge in [0, 0.05) is 32.2 Å². The molecule has 4 nitrogen and oxygen atoms in total. The number of benzene rings is 1. The van der Waals surface area contributed by atoms with Crippen LogP contribution in [0.5, 0.6) is 0 Å². The number of carbonyl (C=O) groups excluding carboxylic acids is 1. The Morgan fingerprint density at radius 1 is 0.852 bits per heavy atom. The van der Waals surface area contributed by atoms with Crippen molar-refractivity contribution >= 4 is 5.91 Å². The maximum absolute atomic E-state index is 12.9. The summed E-state index contributed by atoms with van der Waals surface area (Å²) >= 11 is 0. The number of hydrogen-bond donors (Lipinski definition) is 0. The lowest BCUT2D eigenvalue weighted by molar-refractivity contribution is -0.138. The van der Waals surface area contributed by atoms with Crippen molar-refractivity contribution < 1.29 is 4.79 Å². The summed E-state index contributed by atoms with van der Waals surface area (Å²) in [7, 11) is 0. The molecule has 1 atom stereocenters. The van der Waals surface area contributed by atoms with Crippen LogP contribution < -0.4 is 0 Å². The zero-order chi connectivity index (χ0) is 18.5. The Hall–Kier alpha value is -1.39. The van der Waals surface area contributed by atoms with E-state index >= 15 is 0 Å². The van der Waals surface area contributed by atoms with Gasteiger partial charge in [-0.25, -0.2) is 0 Å². The summed E-state index contributed by atoms with van der Waals surface area (Å²) in [6.45, 7) is 7.61. The van der Waals surface area contributed by atoms with Crippen LogP contribution in [-0.2, 0) is 11.3 Å². The molecule has 3 saturated heterocycles. The molecule has 3 heterocycles. The van der Waals surface area contributed by atoms with Gasteiger partial charge < -0.3 is 4.90 Å². The summed E-state index contributed by atoms with van der Waals surface area (Å²) in [6, 6.07) is 11.5. The molecule has 0 saturated carbocycles. The fourth-order valence-corrected chi connectivity index (χ4v) is 5.20. The highest BCUT2D eigenvalue weighted by molar-refractivity contribution is 5.79. The van der Waals surface area contributed by atoms with Crippen LogP contribution in [0.2, 0.25) is 0 Å². The van der Waals surface area contributed by atoms with Gasteiger partial charge in [-0.3, -0.25) is 14.6 Å². The molecule has 3 aliphatic heterocycles. The molecule has 1 aromatic rings. The molecule has 0 aromatic heterocycles. The first-order valence-corrected chi connectivity index (χ1v) is 11.1. The minimum Gasteiger partial charge on any atom is -0.342 e. The standard InChI is InChI=1S/C23H35N3O/c27-23(25-13-5-2-6-14-25)21-10-7-15-26(19-21)22-11-16-24(17-12-22)18-20-8-3-1-4-9-20/h1,3-4,8-9,21-22H,2,5-7,10-19H2. The van der Waals surface area contributed by atoms with Gasteiger partial charge in [-0.15, -0.1) is 0 Å². The lowest BCUT2D eigenvalue weighted by atomic mass is 9.92. The molecule has 1 unspecified atom stereocenters. The van der Waals surface area contributed by atoms with Crippen molar-refractivity contribution in [2.75, 3.05) is 39.3 Å². The van der Waals surface area contributed by atoms with E-state index in [1.165, 1.54) is 63.7 Å². The largest absolute Gasteiger partial charge is 0.342 e. The molecular weight excluding hydrogens is 334 g/mol. The quantitative estimate of drug-likeness (QED) is 0.814. The predicted octanol–water partition coefficient (Wildman–Crippen LogP) is 3.38. The Balaban J connectivity index is 1.26. The van der Waals surface area contributed by atoms with Crippen LogP contribution in [0.4, 0.5) is 0 Å². The van der Waals surface area contributed by atoms with E-state index in [9.17, 15) is 4.79 Å². The zero-order valence-electron chi connectivity index (χ0n) is 16.7. The molecule has 0 aliphatic carbocycles. The average Bonchev–Trinajstić information content (AvgIpc) is 2.75. The first-order valence-electron chi connectivity index (χ1n) is 11.1. The summed E-state index contributed by atoms with van der Waals surface area (Å²) < 4.78 is 0. The van der Waals surface area contributed by atoms with Crippen LogP contribution >= 0.6 is 0 Å². The van der Waals surface area contributed by atoms with E-state index < -0.39 is 0 Å². The highest BCUT2D eigenvalue weighted by atomic mass is 16.2. The highest BCUT2D eigenvalue weighted by Gasteiger charge is 2.33. The van der Waals surface area contributed by atoms with Gasteiger partial charge in [-0.2, -0.15) is 0 Å². The fourth-order valence-electron chi connectivity index (χ4n) is 5.20. The molecule has 0 radical (unpaired) electrons. The monoisotopic (exact) mass is 369 g/mol. The van der Waals surface area contributed by atoms with Gasteiger partial charge in [-0.05, 0) is 70.1 Å². The Labute approximate surface area is 164 Å². The predicted molar refractivity (Wildman–Crippen MR) is 109 cm³/mol. The summed E-state index contributed by atoms with van der Waals surface area (Å²) in [5.41, 5.74) is 1.42. The highest BCUT2D eigenvalue weighted by Crippen LogP contribution is 2.26. The van der Waals surface area contributed by atoms with E-state index in [1.54, 1.807) is 0 Å². The summed E-state index contributed by atoms with van der Waals surface area (Å²) in [5, 5.41) is 0. The van der Waals surface area contributed by atoms with Crippen LogP contribution in [0.1, 0.15) is 50.5 Å². The maximum Gasteiger partial charge on any atom is 0.226 e. The fraction of sp³-hybridized carbons (Fsp3) is 0.696. The third-order valence-corrected chi connectivity index (χ3v) is 6.79. The second kappa shape index (κ2) is 9.20. The van der Waals surface area contributed by atoms with E-state index in [1.807, 2.05) is 0 Å². The molecule has 0 spiro atoms. The van der Waals surface area contributed by atoms with E-state index in [4.69, 9.17) is 0 Å². The van der Waals surface area contributed by atoms with Gasteiger partial charge in [0.25, 0.3) is 0 Å². The number of piperidine rings is 3. The first-order chi connectivity index (χ1) is 13.3. The number of hydrogen-bond acceptors (Lipinski definition) is 3. The molecule has 1 aromatic carbocycles. The van der Waals surface area contributed by atoms with Crippen molar-refractivity contribution in [3.8, 4) is 0 Å². The zero-order valence-corrected chi connectivity index (χ0v) is 16.7. The molecule has 27 heavy (non-hydrogen) atoms. The van der Waals surface area contributed by atoms with Gasteiger partial charge in [0.2, 0.25) is 5.91 Å². The second-order valence-electron chi connectivity index (χ2n) is 8.71. The van der Waals surface area contributed by atoms with Gasteiger partial charge in [-0.1, -0.05) is 30.3 Å². The van der Waals surface area contributed by atoms with Crippen LogP contribution in [0.25, 0.3) is 0 Å². The SMILES string of the molecule is O=C(C1CCCN(C2CCN(Cc3ccccc3)CC2)C1)N1CCCCC1. The summed E-state index contributed by atoms with van der Waals surface area (Å²) in [4.78, 5) is 20.3. The van der Waals surface area contributed by atoms with Crippen molar-refractivity contribution in [3.05, 3.63) is 35.9 Å². The second-order valence-corrected chi connectivity index (χ2v) is 8.71. The first kappa shape index (κ1) is 18.9. The van der Waals surface area contributed by atoms with Crippen molar-refractivity contribution in [1.82, 2.24) is 14.7 Å². The van der Waals surface area contributed by atoms with Crippen molar-refractivity contribution in [2.45, 2.75) is 57.5 Å². The molecule has 0 bridgehead atoms.